The van der Waals surface area contributed by atoms with E-state index in [9.17, 15) is 0 Å². The number of halogens is 1. The van der Waals surface area contributed by atoms with Crippen LogP contribution >= 0.6 is 22.6 Å². The number of aryl methyl sites for hydroxylation is 2. The van der Waals surface area contributed by atoms with E-state index >= 15 is 0 Å². The Morgan fingerprint density at radius 1 is 1.00 bits per heavy atom. The second-order valence-corrected chi connectivity index (χ2v) is 4.32. The molecule has 0 aliphatic heterocycles. The van der Waals surface area contributed by atoms with Gasteiger partial charge in [-0.2, -0.15) is 0 Å². The second-order valence-electron chi connectivity index (χ2n) is 3.24. The fourth-order valence-corrected chi connectivity index (χ4v) is 1.15. The number of benzene rings is 1. The lowest BCUT2D eigenvalue weighted by atomic mass is 10.2. The topological polar surface area (TPSA) is 74.6 Å². The number of aliphatic carboxylic acids is 2. The SMILES string of the molecule is CC(=O)O.CC(=O)O.Cc1cccc(C)c1I. The minimum absolute atomic E-state index is 0.833. The molecular weight excluding hydrogens is 335 g/mol. The molecule has 0 saturated heterocycles. The third-order valence-corrected chi connectivity index (χ3v) is 3.09. The van der Waals surface area contributed by atoms with Crippen molar-refractivity contribution in [1.29, 1.82) is 0 Å². The Morgan fingerprint density at radius 3 is 1.41 bits per heavy atom. The van der Waals surface area contributed by atoms with Crippen molar-refractivity contribution in [3.8, 4) is 0 Å². The molecule has 1 aromatic rings. The van der Waals surface area contributed by atoms with Crippen molar-refractivity contribution in [3.63, 3.8) is 0 Å². The Balaban J connectivity index is 0. The number of rotatable bonds is 0. The lowest BCUT2D eigenvalue weighted by molar-refractivity contribution is -0.135. The molecule has 0 aliphatic carbocycles. The standard InChI is InChI=1S/C8H9I.2C2H4O2/c1-6-4-3-5-7(2)8(6)9;2*1-2(3)4/h3-5H,1-2H3;2*1H3,(H,3,4). The predicted molar refractivity (Wildman–Crippen MR) is 75.3 cm³/mol. The average Bonchev–Trinajstić information content (AvgIpc) is 2.12. The molecule has 4 nitrogen and oxygen atoms in total. The summed E-state index contributed by atoms with van der Waals surface area (Å²) in [5.41, 5.74) is 2.74. The number of carboxylic acid groups (broad SMARTS) is 2. The number of carboxylic acids is 2. The van der Waals surface area contributed by atoms with Gasteiger partial charge >= 0.3 is 0 Å². The molecule has 0 amide bonds. The van der Waals surface area contributed by atoms with Gasteiger partial charge in [0.25, 0.3) is 11.9 Å². The van der Waals surface area contributed by atoms with Crippen LogP contribution in [0.3, 0.4) is 0 Å². The van der Waals surface area contributed by atoms with E-state index in [0.29, 0.717) is 0 Å². The molecule has 0 atom stereocenters. The molecule has 0 aromatic heterocycles. The van der Waals surface area contributed by atoms with Gasteiger partial charge in [0.15, 0.2) is 0 Å². The van der Waals surface area contributed by atoms with Gasteiger partial charge in [0.05, 0.1) is 0 Å². The highest BCUT2D eigenvalue weighted by atomic mass is 127. The summed E-state index contributed by atoms with van der Waals surface area (Å²) in [4.78, 5) is 18.0. The normalized spacial score (nSPS) is 8.06. The van der Waals surface area contributed by atoms with Crippen molar-refractivity contribution >= 4 is 34.5 Å². The molecule has 0 heterocycles. The maximum absolute atomic E-state index is 9.00. The van der Waals surface area contributed by atoms with Gasteiger partial charge in [-0.15, -0.1) is 0 Å². The van der Waals surface area contributed by atoms with Crippen molar-refractivity contribution in [2.45, 2.75) is 27.7 Å². The van der Waals surface area contributed by atoms with Gasteiger partial charge in [0.2, 0.25) is 0 Å². The molecule has 0 radical (unpaired) electrons. The highest BCUT2D eigenvalue weighted by molar-refractivity contribution is 14.1. The van der Waals surface area contributed by atoms with E-state index in [2.05, 4.69) is 54.6 Å². The first-order chi connectivity index (χ1) is 7.68. The molecule has 2 N–H and O–H groups in total. The maximum Gasteiger partial charge on any atom is 0.300 e. The van der Waals surface area contributed by atoms with Gasteiger partial charge in [-0.3, -0.25) is 9.59 Å². The van der Waals surface area contributed by atoms with E-state index < -0.39 is 11.9 Å². The Bertz CT molecular complexity index is 335. The first-order valence-electron chi connectivity index (χ1n) is 4.79. The summed E-state index contributed by atoms with van der Waals surface area (Å²) < 4.78 is 1.38. The van der Waals surface area contributed by atoms with Gasteiger partial charge in [-0.05, 0) is 47.6 Å². The quantitative estimate of drug-likeness (QED) is 0.704. The monoisotopic (exact) mass is 352 g/mol. The van der Waals surface area contributed by atoms with Crippen molar-refractivity contribution in [2.24, 2.45) is 0 Å². The summed E-state index contributed by atoms with van der Waals surface area (Å²) in [7, 11) is 0. The zero-order chi connectivity index (χ0) is 14.0. The molecule has 17 heavy (non-hydrogen) atoms. The molecule has 0 saturated carbocycles. The van der Waals surface area contributed by atoms with Crippen LogP contribution in [0.15, 0.2) is 18.2 Å². The average molecular weight is 352 g/mol. The Labute approximate surface area is 115 Å². The molecule has 96 valence electrons. The third-order valence-electron chi connectivity index (χ3n) is 1.38. The lowest BCUT2D eigenvalue weighted by Gasteiger charge is -1.98. The van der Waals surface area contributed by atoms with Crippen LogP contribution in [0, 0.1) is 17.4 Å². The first kappa shape index (κ1) is 18.3. The summed E-state index contributed by atoms with van der Waals surface area (Å²) in [5, 5.41) is 14.8. The van der Waals surface area contributed by atoms with Gasteiger partial charge in [0, 0.05) is 17.4 Å². The third kappa shape index (κ3) is 14.9. The van der Waals surface area contributed by atoms with Crippen molar-refractivity contribution in [3.05, 3.63) is 32.9 Å². The minimum atomic E-state index is -0.833. The zero-order valence-corrected chi connectivity index (χ0v) is 12.5. The maximum atomic E-state index is 9.00. The summed E-state index contributed by atoms with van der Waals surface area (Å²) in [5.74, 6) is -1.67. The van der Waals surface area contributed by atoms with Gasteiger partial charge in [0.1, 0.15) is 0 Å². The molecule has 0 bridgehead atoms. The molecule has 0 fully saturated rings. The van der Waals surface area contributed by atoms with Crippen LogP contribution in [0.5, 0.6) is 0 Å². The minimum Gasteiger partial charge on any atom is -0.481 e. The van der Waals surface area contributed by atoms with Crippen molar-refractivity contribution in [2.75, 3.05) is 0 Å². The van der Waals surface area contributed by atoms with Crippen LogP contribution in [0.4, 0.5) is 0 Å². The fourth-order valence-electron chi connectivity index (χ4n) is 0.794. The molecule has 1 rings (SSSR count). The van der Waals surface area contributed by atoms with E-state index in [1.165, 1.54) is 14.7 Å². The van der Waals surface area contributed by atoms with E-state index in [0.717, 1.165) is 13.8 Å². The summed E-state index contributed by atoms with van der Waals surface area (Å²) in [6.45, 7) is 6.43. The fraction of sp³-hybridized carbons (Fsp3) is 0.333. The Morgan fingerprint density at radius 2 is 1.24 bits per heavy atom. The molecule has 0 spiro atoms. The van der Waals surface area contributed by atoms with Gasteiger partial charge in [-0.1, -0.05) is 18.2 Å². The first-order valence-corrected chi connectivity index (χ1v) is 5.87. The van der Waals surface area contributed by atoms with Crippen LogP contribution in [0.25, 0.3) is 0 Å². The highest BCUT2D eigenvalue weighted by Crippen LogP contribution is 2.14. The summed E-state index contributed by atoms with van der Waals surface area (Å²) in [6.07, 6.45) is 0. The van der Waals surface area contributed by atoms with E-state index in [1.807, 2.05) is 0 Å². The van der Waals surface area contributed by atoms with Gasteiger partial charge in [-0.25, -0.2) is 0 Å². The largest absolute Gasteiger partial charge is 0.481 e. The van der Waals surface area contributed by atoms with Crippen LogP contribution < -0.4 is 0 Å². The Kier molecular flexibility index (Phi) is 10.8. The molecule has 0 unspecified atom stereocenters. The molecule has 0 aliphatic rings. The van der Waals surface area contributed by atoms with Gasteiger partial charge < -0.3 is 10.2 Å². The molecule has 5 heteroatoms. The molecular formula is C12H17IO4. The second kappa shape index (κ2) is 10.1. The van der Waals surface area contributed by atoms with E-state index in [1.54, 1.807) is 0 Å². The number of hydrogen-bond donors (Lipinski definition) is 2. The molecule has 1 aromatic carbocycles. The smallest absolute Gasteiger partial charge is 0.300 e. The van der Waals surface area contributed by atoms with Crippen LogP contribution in [-0.4, -0.2) is 22.2 Å². The van der Waals surface area contributed by atoms with Crippen LogP contribution in [0.1, 0.15) is 25.0 Å². The van der Waals surface area contributed by atoms with Crippen LogP contribution in [-0.2, 0) is 9.59 Å². The zero-order valence-electron chi connectivity index (χ0n) is 10.3. The van der Waals surface area contributed by atoms with Crippen LogP contribution in [0.2, 0.25) is 0 Å². The van der Waals surface area contributed by atoms with E-state index in [-0.39, 0.29) is 0 Å². The lowest BCUT2D eigenvalue weighted by Crippen LogP contribution is -1.82. The highest BCUT2D eigenvalue weighted by Gasteiger charge is 1.93. The Hall–Kier alpha value is -1.11. The van der Waals surface area contributed by atoms with Crippen molar-refractivity contribution in [1.82, 2.24) is 0 Å². The predicted octanol–water partition coefficient (Wildman–Crippen LogP) is 3.09. The summed E-state index contributed by atoms with van der Waals surface area (Å²) in [6, 6.07) is 6.36. The number of hydrogen-bond acceptors (Lipinski definition) is 2. The van der Waals surface area contributed by atoms with E-state index in [4.69, 9.17) is 19.8 Å². The summed E-state index contributed by atoms with van der Waals surface area (Å²) >= 11 is 2.37. The number of carbonyl (C=O) groups is 2. The van der Waals surface area contributed by atoms with Crippen molar-refractivity contribution < 1.29 is 19.8 Å².